The summed E-state index contributed by atoms with van der Waals surface area (Å²) in [5.41, 5.74) is 1.57. The van der Waals surface area contributed by atoms with Crippen LogP contribution in [0.4, 0.5) is 16.4 Å². The van der Waals surface area contributed by atoms with Crippen LogP contribution in [0.1, 0.15) is 12.6 Å². The molecule has 2 rings (SSSR count). The van der Waals surface area contributed by atoms with Crippen molar-refractivity contribution in [3.8, 4) is 0 Å². The first-order valence-electron chi connectivity index (χ1n) is 5.77. The zero-order chi connectivity index (χ0) is 13.0. The van der Waals surface area contributed by atoms with Gasteiger partial charge in [-0.1, -0.05) is 23.4 Å². The van der Waals surface area contributed by atoms with Gasteiger partial charge in [0.15, 0.2) is 0 Å². The van der Waals surface area contributed by atoms with Crippen molar-refractivity contribution in [3.05, 3.63) is 42.1 Å². The van der Waals surface area contributed by atoms with E-state index in [1.165, 1.54) is 0 Å². The molecule has 0 bridgehead atoms. The average molecular weight is 245 g/mol. The standard InChI is InChI=1S/C13H15N3O2/c1-3-16(11-7-5-4-6-8-11)13(17)14-12-9-10(2)15-18-12/h4-9H,3H2,1-2H3,(H,14,17). The largest absolute Gasteiger partial charge is 0.338 e. The average Bonchev–Trinajstić information content (AvgIpc) is 2.77. The van der Waals surface area contributed by atoms with Gasteiger partial charge in [-0.25, -0.2) is 4.79 Å². The molecule has 0 aliphatic carbocycles. The zero-order valence-electron chi connectivity index (χ0n) is 10.4. The van der Waals surface area contributed by atoms with Crippen LogP contribution >= 0.6 is 0 Å². The van der Waals surface area contributed by atoms with Crippen LogP contribution in [0.25, 0.3) is 0 Å². The number of rotatable bonds is 3. The summed E-state index contributed by atoms with van der Waals surface area (Å²) >= 11 is 0. The lowest BCUT2D eigenvalue weighted by atomic mass is 10.3. The molecule has 0 fully saturated rings. The molecule has 0 saturated heterocycles. The Labute approximate surface area is 105 Å². The summed E-state index contributed by atoms with van der Waals surface area (Å²) in [6.45, 7) is 4.29. The lowest BCUT2D eigenvalue weighted by Crippen LogP contribution is -2.34. The van der Waals surface area contributed by atoms with Gasteiger partial charge in [-0.2, -0.15) is 0 Å². The fourth-order valence-electron chi connectivity index (χ4n) is 1.65. The third kappa shape index (κ3) is 2.68. The second-order valence-corrected chi connectivity index (χ2v) is 3.84. The van der Waals surface area contributed by atoms with Gasteiger partial charge in [0.25, 0.3) is 0 Å². The van der Waals surface area contributed by atoms with Crippen LogP contribution in [0.3, 0.4) is 0 Å². The van der Waals surface area contributed by atoms with Crippen molar-refractivity contribution in [2.75, 3.05) is 16.8 Å². The highest BCUT2D eigenvalue weighted by Crippen LogP contribution is 2.15. The Hall–Kier alpha value is -2.30. The van der Waals surface area contributed by atoms with Crippen molar-refractivity contribution in [2.24, 2.45) is 0 Å². The molecule has 2 aromatic rings. The molecule has 1 N–H and O–H groups in total. The highest BCUT2D eigenvalue weighted by Gasteiger charge is 2.15. The van der Waals surface area contributed by atoms with Gasteiger partial charge in [-0.15, -0.1) is 0 Å². The quantitative estimate of drug-likeness (QED) is 0.904. The Morgan fingerprint density at radius 3 is 2.67 bits per heavy atom. The van der Waals surface area contributed by atoms with Crippen LogP contribution in [-0.4, -0.2) is 17.7 Å². The van der Waals surface area contributed by atoms with Gasteiger partial charge in [0.05, 0.1) is 5.69 Å². The maximum Gasteiger partial charge on any atom is 0.328 e. The molecular formula is C13H15N3O2. The third-order valence-corrected chi connectivity index (χ3v) is 2.49. The molecule has 0 unspecified atom stereocenters. The van der Waals surface area contributed by atoms with E-state index in [2.05, 4.69) is 10.5 Å². The van der Waals surface area contributed by atoms with Crippen molar-refractivity contribution in [3.63, 3.8) is 0 Å². The Balaban J connectivity index is 2.11. The van der Waals surface area contributed by atoms with Gasteiger partial charge >= 0.3 is 6.03 Å². The molecule has 0 radical (unpaired) electrons. The minimum Gasteiger partial charge on any atom is -0.338 e. The number of anilines is 2. The SMILES string of the molecule is CCN(C(=O)Nc1cc(C)no1)c1ccccc1. The van der Waals surface area contributed by atoms with E-state index >= 15 is 0 Å². The van der Waals surface area contributed by atoms with E-state index in [0.29, 0.717) is 12.4 Å². The van der Waals surface area contributed by atoms with Crippen LogP contribution < -0.4 is 10.2 Å². The number of nitrogens with zero attached hydrogens (tertiary/aromatic N) is 2. The second-order valence-electron chi connectivity index (χ2n) is 3.84. The molecule has 0 atom stereocenters. The van der Waals surface area contributed by atoms with Crippen molar-refractivity contribution in [1.29, 1.82) is 0 Å². The van der Waals surface area contributed by atoms with Crippen molar-refractivity contribution < 1.29 is 9.32 Å². The third-order valence-electron chi connectivity index (χ3n) is 2.49. The first-order valence-corrected chi connectivity index (χ1v) is 5.77. The number of aromatic nitrogens is 1. The molecule has 1 heterocycles. The van der Waals surface area contributed by atoms with Crippen LogP contribution in [-0.2, 0) is 0 Å². The zero-order valence-corrected chi connectivity index (χ0v) is 10.4. The molecule has 0 spiro atoms. The Kier molecular flexibility index (Phi) is 3.62. The van der Waals surface area contributed by atoms with Crippen LogP contribution in [0.2, 0.25) is 0 Å². The molecule has 0 aliphatic heterocycles. The molecule has 2 amide bonds. The number of carbonyl (C=O) groups excluding carboxylic acids is 1. The first-order chi connectivity index (χ1) is 8.70. The minimum absolute atomic E-state index is 0.236. The summed E-state index contributed by atoms with van der Waals surface area (Å²) in [6, 6.07) is 10.9. The maximum absolute atomic E-state index is 12.1. The van der Waals surface area contributed by atoms with Gasteiger partial charge in [-0.05, 0) is 26.0 Å². The van der Waals surface area contributed by atoms with Gasteiger partial charge in [0.1, 0.15) is 0 Å². The number of hydrogen-bond donors (Lipinski definition) is 1. The second kappa shape index (κ2) is 5.35. The molecule has 1 aromatic heterocycles. The Bertz CT molecular complexity index is 522. The van der Waals surface area contributed by atoms with E-state index in [4.69, 9.17) is 4.52 Å². The van der Waals surface area contributed by atoms with Gasteiger partial charge in [0, 0.05) is 18.3 Å². The van der Waals surface area contributed by atoms with E-state index in [0.717, 1.165) is 11.4 Å². The molecule has 5 heteroatoms. The summed E-state index contributed by atoms with van der Waals surface area (Å²) in [6.07, 6.45) is 0. The highest BCUT2D eigenvalue weighted by atomic mass is 16.5. The number of aryl methyl sites for hydroxylation is 1. The van der Waals surface area contributed by atoms with Crippen molar-refractivity contribution in [2.45, 2.75) is 13.8 Å². The number of nitrogens with one attached hydrogen (secondary N) is 1. The van der Waals surface area contributed by atoms with E-state index in [-0.39, 0.29) is 6.03 Å². The number of amides is 2. The van der Waals surface area contributed by atoms with Crippen molar-refractivity contribution in [1.82, 2.24) is 5.16 Å². The fraction of sp³-hybridized carbons (Fsp3) is 0.231. The molecule has 0 saturated carbocycles. The van der Waals surface area contributed by atoms with E-state index in [9.17, 15) is 4.79 Å². The number of benzene rings is 1. The Morgan fingerprint density at radius 1 is 1.39 bits per heavy atom. The summed E-state index contributed by atoms with van der Waals surface area (Å²) in [4.78, 5) is 13.7. The Morgan fingerprint density at radius 2 is 2.11 bits per heavy atom. The summed E-state index contributed by atoms with van der Waals surface area (Å²) in [5.74, 6) is 0.354. The molecule has 5 nitrogen and oxygen atoms in total. The predicted octanol–water partition coefficient (Wildman–Crippen LogP) is 3.04. The minimum atomic E-state index is -0.236. The lowest BCUT2D eigenvalue weighted by molar-refractivity contribution is 0.256. The van der Waals surface area contributed by atoms with E-state index in [1.807, 2.05) is 37.3 Å². The van der Waals surface area contributed by atoms with Crippen molar-refractivity contribution >= 4 is 17.6 Å². The smallest absolute Gasteiger partial charge is 0.328 e. The predicted molar refractivity (Wildman–Crippen MR) is 69.7 cm³/mol. The first kappa shape index (κ1) is 12.2. The fourth-order valence-corrected chi connectivity index (χ4v) is 1.65. The highest BCUT2D eigenvalue weighted by molar-refractivity contribution is 6.00. The molecular weight excluding hydrogens is 230 g/mol. The summed E-state index contributed by atoms with van der Waals surface area (Å²) in [7, 11) is 0. The molecule has 1 aromatic carbocycles. The molecule has 0 aliphatic rings. The normalized spacial score (nSPS) is 10.1. The number of urea groups is 1. The summed E-state index contributed by atoms with van der Waals surface area (Å²) in [5, 5.41) is 6.39. The van der Waals surface area contributed by atoms with Crippen LogP contribution in [0.5, 0.6) is 0 Å². The van der Waals surface area contributed by atoms with E-state index < -0.39 is 0 Å². The van der Waals surface area contributed by atoms with Crippen LogP contribution in [0.15, 0.2) is 40.9 Å². The van der Waals surface area contributed by atoms with Gasteiger partial charge < -0.3 is 4.52 Å². The molecule has 18 heavy (non-hydrogen) atoms. The van der Waals surface area contributed by atoms with Crippen LogP contribution in [0, 0.1) is 6.92 Å². The number of carbonyl (C=O) groups is 1. The molecule has 94 valence electrons. The number of para-hydroxylation sites is 1. The van der Waals surface area contributed by atoms with E-state index in [1.54, 1.807) is 17.9 Å². The topological polar surface area (TPSA) is 58.4 Å². The monoisotopic (exact) mass is 245 g/mol. The summed E-state index contributed by atoms with van der Waals surface area (Å²) < 4.78 is 4.96. The van der Waals surface area contributed by atoms with Gasteiger partial charge in [0.2, 0.25) is 5.88 Å². The maximum atomic E-state index is 12.1. The lowest BCUT2D eigenvalue weighted by Gasteiger charge is -2.20. The van der Waals surface area contributed by atoms with Gasteiger partial charge in [-0.3, -0.25) is 10.2 Å². The number of hydrogen-bond acceptors (Lipinski definition) is 3.